The normalized spacial score (nSPS) is 15.4. The Morgan fingerprint density at radius 2 is 1.95 bits per heavy atom. The summed E-state index contributed by atoms with van der Waals surface area (Å²) in [5.74, 6) is 1.58. The second kappa shape index (κ2) is 9.54. The number of halogens is 2. The topological polar surface area (TPSA) is 30.5 Å². The summed E-state index contributed by atoms with van der Waals surface area (Å²) in [6, 6.07) is 4.84. The molecule has 1 aromatic rings. The Morgan fingerprint density at radius 1 is 1.24 bits per heavy atom. The van der Waals surface area contributed by atoms with E-state index in [0.717, 1.165) is 22.5 Å². The van der Waals surface area contributed by atoms with Crippen molar-refractivity contribution >= 4 is 28.3 Å². The summed E-state index contributed by atoms with van der Waals surface area (Å²) in [4.78, 5) is 0. The molecule has 0 amide bonds. The van der Waals surface area contributed by atoms with Gasteiger partial charge in [-0.3, -0.25) is 0 Å². The zero-order valence-corrected chi connectivity index (χ0v) is 15.2. The van der Waals surface area contributed by atoms with Crippen molar-refractivity contribution in [3.05, 3.63) is 22.2 Å². The fraction of sp³-hybridized carbons (Fsp3) is 0.625. The highest BCUT2D eigenvalue weighted by atomic mass is 79.9. The molecule has 5 heteroatoms. The van der Waals surface area contributed by atoms with Gasteiger partial charge in [-0.05, 0) is 53.4 Å². The summed E-state index contributed by atoms with van der Waals surface area (Å²) >= 11 is 3.57. The molecule has 0 bridgehead atoms. The second-order valence-corrected chi connectivity index (χ2v) is 6.11. The van der Waals surface area contributed by atoms with Gasteiger partial charge in [-0.25, -0.2) is 0 Å². The smallest absolute Gasteiger partial charge is 0.175 e. The van der Waals surface area contributed by atoms with E-state index in [2.05, 4.69) is 33.4 Å². The molecular weight excluding hydrogens is 354 g/mol. The summed E-state index contributed by atoms with van der Waals surface area (Å²) in [6.45, 7) is 3.49. The first-order chi connectivity index (χ1) is 9.74. The molecule has 2 rings (SSSR count). The first kappa shape index (κ1) is 18.6. The number of methoxy groups -OCH3 is 1. The van der Waals surface area contributed by atoms with Crippen molar-refractivity contribution in [1.82, 2.24) is 5.32 Å². The largest absolute Gasteiger partial charge is 0.493 e. The van der Waals surface area contributed by atoms with E-state index in [9.17, 15) is 0 Å². The third-order valence-electron chi connectivity index (χ3n) is 3.78. The molecule has 0 heterocycles. The van der Waals surface area contributed by atoms with Crippen LogP contribution >= 0.6 is 28.3 Å². The summed E-state index contributed by atoms with van der Waals surface area (Å²) in [5, 5.41) is 3.65. The highest BCUT2D eigenvalue weighted by Gasteiger charge is 2.14. The molecule has 120 valence electrons. The van der Waals surface area contributed by atoms with Crippen LogP contribution in [0.2, 0.25) is 0 Å². The Morgan fingerprint density at radius 3 is 2.57 bits per heavy atom. The molecule has 0 saturated heterocycles. The number of rotatable bonds is 6. The molecule has 1 aliphatic rings. The minimum atomic E-state index is 0. The van der Waals surface area contributed by atoms with E-state index in [1.807, 2.05) is 6.92 Å². The van der Waals surface area contributed by atoms with Gasteiger partial charge in [-0.1, -0.05) is 19.3 Å². The predicted octanol–water partition coefficient (Wildman–Crippen LogP) is 4.70. The monoisotopic (exact) mass is 377 g/mol. The van der Waals surface area contributed by atoms with Gasteiger partial charge in [0.2, 0.25) is 0 Å². The van der Waals surface area contributed by atoms with Gasteiger partial charge in [0.25, 0.3) is 0 Å². The van der Waals surface area contributed by atoms with Crippen LogP contribution in [-0.2, 0) is 6.54 Å². The van der Waals surface area contributed by atoms with Crippen molar-refractivity contribution in [1.29, 1.82) is 0 Å². The Bertz CT molecular complexity index is 437. The summed E-state index contributed by atoms with van der Waals surface area (Å²) in [6.07, 6.45) is 6.70. The fourth-order valence-electron chi connectivity index (χ4n) is 2.73. The lowest BCUT2D eigenvalue weighted by Crippen LogP contribution is -2.30. The van der Waals surface area contributed by atoms with Crippen LogP contribution in [0.25, 0.3) is 0 Å². The Balaban J connectivity index is 0.00000220. The lowest BCUT2D eigenvalue weighted by atomic mass is 9.95. The van der Waals surface area contributed by atoms with Crippen molar-refractivity contribution in [3.63, 3.8) is 0 Å². The molecule has 0 aromatic heterocycles. The number of benzene rings is 1. The second-order valence-electron chi connectivity index (χ2n) is 5.26. The van der Waals surface area contributed by atoms with E-state index in [4.69, 9.17) is 9.47 Å². The van der Waals surface area contributed by atoms with Crippen LogP contribution in [0.4, 0.5) is 0 Å². The molecule has 1 saturated carbocycles. The SMILES string of the molecule is CCOc1c(Br)cc(CNC2CCCCC2)cc1OC.Cl. The molecule has 0 unspecified atom stereocenters. The minimum absolute atomic E-state index is 0. The van der Waals surface area contributed by atoms with E-state index in [-0.39, 0.29) is 12.4 Å². The lowest BCUT2D eigenvalue weighted by molar-refractivity contribution is 0.308. The van der Waals surface area contributed by atoms with Crippen molar-refractivity contribution in [2.45, 2.75) is 51.6 Å². The third-order valence-corrected chi connectivity index (χ3v) is 4.37. The molecular formula is C16H25BrClNO2. The molecule has 21 heavy (non-hydrogen) atoms. The zero-order chi connectivity index (χ0) is 14.4. The van der Waals surface area contributed by atoms with Gasteiger partial charge < -0.3 is 14.8 Å². The van der Waals surface area contributed by atoms with Gasteiger partial charge in [-0.15, -0.1) is 12.4 Å². The van der Waals surface area contributed by atoms with E-state index >= 15 is 0 Å². The standard InChI is InChI=1S/C16H24BrNO2.ClH/c1-3-20-16-14(17)9-12(10-15(16)19-2)11-18-13-7-5-4-6-8-13;/h9-10,13,18H,3-8,11H2,1-2H3;1H. The van der Waals surface area contributed by atoms with Gasteiger partial charge in [0.05, 0.1) is 18.2 Å². The molecule has 3 nitrogen and oxygen atoms in total. The van der Waals surface area contributed by atoms with Crippen molar-refractivity contribution in [2.75, 3.05) is 13.7 Å². The summed E-state index contributed by atoms with van der Waals surface area (Å²) in [7, 11) is 1.68. The quantitative estimate of drug-likeness (QED) is 0.778. The number of hydrogen-bond donors (Lipinski definition) is 1. The predicted molar refractivity (Wildman–Crippen MR) is 92.8 cm³/mol. The van der Waals surface area contributed by atoms with Crippen LogP contribution in [0.15, 0.2) is 16.6 Å². The van der Waals surface area contributed by atoms with Crippen LogP contribution in [0.1, 0.15) is 44.6 Å². The molecule has 1 aromatic carbocycles. The molecule has 0 atom stereocenters. The van der Waals surface area contributed by atoms with Crippen LogP contribution < -0.4 is 14.8 Å². The van der Waals surface area contributed by atoms with Gasteiger partial charge in [0.1, 0.15) is 0 Å². The van der Waals surface area contributed by atoms with Gasteiger partial charge >= 0.3 is 0 Å². The number of hydrogen-bond acceptors (Lipinski definition) is 3. The number of nitrogens with one attached hydrogen (secondary N) is 1. The Hall–Kier alpha value is -0.450. The van der Waals surface area contributed by atoms with E-state index in [0.29, 0.717) is 12.6 Å². The lowest BCUT2D eigenvalue weighted by Gasteiger charge is -2.23. The first-order valence-corrected chi connectivity index (χ1v) is 8.26. The molecule has 0 radical (unpaired) electrons. The highest BCUT2D eigenvalue weighted by molar-refractivity contribution is 9.10. The maximum atomic E-state index is 5.62. The van der Waals surface area contributed by atoms with Crippen molar-refractivity contribution in [2.24, 2.45) is 0 Å². The first-order valence-electron chi connectivity index (χ1n) is 7.47. The fourth-order valence-corrected chi connectivity index (χ4v) is 3.33. The van der Waals surface area contributed by atoms with Crippen LogP contribution in [0.3, 0.4) is 0 Å². The summed E-state index contributed by atoms with van der Waals surface area (Å²) in [5.41, 5.74) is 1.22. The van der Waals surface area contributed by atoms with Crippen molar-refractivity contribution < 1.29 is 9.47 Å². The molecule has 0 spiro atoms. The van der Waals surface area contributed by atoms with E-state index in [1.54, 1.807) is 7.11 Å². The Kier molecular flexibility index (Phi) is 8.45. The molecule has 1 aliphatic carbocycles. The molecule has 1 fully saturated rings. The van der Waals surface area contributed by atoms with Gasteiger partial charge in [0, 0.05) is 12.6 Å². The zero-order valence-electron chi connectivity index (χ0n) is 12.8. The summed E-state index contributed by atoms with van der Waals surface area (Å²) < 4.78 is 12.0. The van der Waals surface area contributed by atoms with Crippen molar-refractivity contribution in [3.8, 4) is 11.5 Å². The minimum Gasteiger partial charge on any atom is -0.493 e. The maximum absolute atomic E-state index is 5.62. The average Bonchev–Trinajstić information content (AvgIpc) is 2.48. The van der Waals surface area contributed by atoms with E-state index in [1.165, 1.54) is 37.7 Å². The molecule has 1 N–H and O–H groups in total. The van der Waals surface area contributed by atoms with Crippen LogP contribution in [-0.4, -0.2) is 19.8 Å². The van der Waals surface area contributed by atoms with Crippen LogP contribution in [0, 0.1) is 0 Å². The van der Waals surface area contributed by atoms with Gasteiger partial charge in [0.15, 0.2) is 11.5 Å². The van der Waals surface area contributed by atoms with Crippen LogP contribution in [0.5, 0.6) is 11.5 Å². The highest BCUT2D eigenvalue weighted by Crippen LogP contribution is 2.36. The average molecular weight is 379 g/mol. The maximum Gasteiger partial charge on any atom is 0.175 e. The molecule has 0 aliphatic heterocycles. The number of ether oxygens (including phenoxy) is 2. The van der Waals surface area contributed by atoms with E-state index < -0.39 is 0 Å². The Labute approximate surface area is 142 Å². The third kappa shape index (κ3) is 5.35. The van der Waals surface area contributed by atoms with Gasteiger partial charge in [-0.2, -0.15) is 0 Å².